The predicted molar refractivity (Wildman–Crippen MR) is 58.3 cm³/mol. The van der Waals surface area contributed by atoms with E-state index in [4.69, 9.17) is 0 Å². The van der Waals surface area contributed by atoms with Crippen LogP contribution in [0.4, 0.5) is 8.78 Å². The molecular formula is C11H12F2OS. The van der Waals surface area contributed by atoms with Gasteiger partial charge in [-0.05, 0) is 17.4 Å². The molecule has 4 heteroatoms. The highest BCUT2D eigenvalue weighted by Crippen LogP contribution is 2.16. The summed E-state index contributed by atoms with van der Waals surface area (Å²) in [6, 6.07) is 3.65. The highest BCUT2D eigenvalue weighted by atomic mass is 32.2. The fourth-order valence-corrected chi connectivity index (χ4v) is 1.68. The average Bonchev–Trinajstić information content (AvgIpc) is 2.18. The molecule has 0 amide bonds. The number of hydrogen-bond acceptors (Lipinski definition) is 2. The number of thioether (sulfide) groups is 1. The second-order valence-corrected chi connectivity index (χ2v) is 4.95. The zero-order chi connectivity index (χ0) is 11.4. The van der Waals surface area contributed by atoms with Gasteiger partial charge >= 0.3 is 0 Å². The Morgan fingerprint density at radius 2 is 2.07 bits per heavy atom. The molecule has 0 aliphatic heterocycles. The third kappa shape index (κ3) is 3.30. The van der Waals surface area contributed by atoms with Crippen LogP contribution in [-0.4, -0.2) is 16.8 Å². The van der Waals surface area contributed by atoms with Gasteiger partial charge in [-0.15, -0.1) is 0 Å². The molecule has 0 N–H and O–H groups in total. The molecule has 0 saturated carbocycles. The fourth-order valence-electron chi connectivity index (χ4n) is 1.04. The molecule has 1 aromatic rings. The van der Waals surface area contributed by atoms with Crippen molar-refractivity contribution in [3.8, 4) is 0 Å². The highest BCUT2D eigenvalue weighted by molar-refractivity contribution is 8.00. The summed E-state index contributed by atoms with van der Waals surface area (Å²) in [6.07, 6.45) is 0. The van der Waals surface area contributed by atoms with E-state index in [1.54, 1.807) is 0 Å². The van der Waals surface area contributed by atoms with Gasteiger partial charge in [0.1, 0.15) is 0 Å². The minimum Gasteiger partial charge on any atom is -0.293 e. The van der Waals surface area contributed by atoms with E-state index in [1.165, 1.54) is 23.9 Å². The molecule has 82 valence electrons. The first kappa shape index (κ1) is 12.2. The first-order valence-electron chi connectivity index (χ1n) is 4.61. The predicted octanol–water partition coefficient (Wildman–Crippen LogP) is 3.29. The molecule has 0 spiro atoms. The molecule has 1 rings (SSSR count). The SMILES string of the molecule is CC(C)SCC(=O)c1cccc(F)c1F. The Morgan fingerprint density at radius 1 is 1.40 bits per heavy atom. The maximum absolute atomic E-state index is 13.2. The Kier molecular flexibility index (Phi) is 4.27. The first-order chi connectivity index (χ1) is 7.02. The van der Waals surface area contributed by atoms with Crippen molar-refractivity contribution in [2.45, 2.75) is 19.1 Å². The van der Waals surface area contributed by atoms with Crippen LogP contribution in [0, 0.1) is 11.6 Å². The van der Waals surface area contributed by atoms with Crippen molar-refractivity contribution < 1.29 is 13.6 Å². The van der Waals surface area contributed by atoms with E-state index in [-0.39, 0.29) is 17.1 Å². The Balaban J connectivity index is 2.78. The number of halogens is 2. The molecule has 0 aliphatic rings. The van der Waals surface area contributed by atoms with Crippen LogP contribution in [0.2, 0.25) is 0 Å². The number of Topliss-reactive ketones (excluding diaryl/α,β-unsaturated/α-hetero) is 1. The van der Waals surface area contributed by atoms with Crippen LogP contribution in [0.5, 0.6) is 0 Å². The van der Waals surface area contributed by atoms with E-state index < -0.39 is 11.6 Å². The summed E-state index contributed by atoms with van der Waals surface area (Å²) >= 11 is 1.41. The van der Waals surface area contributed by atoms with Gasteiger partial charge in [0.05, 0.1) is 11.3 Å². The Labute approximate surface area is 91.9 Å². The highest BCUT2D eigenvalue weighted by Gasteiger charge is 2.15. The van der Waals surface area contributed by atoms with Crippen molar-refractivity contribution in [3.63, 3.8) is 0 Å². The van der Waals surface area contributed by atoms with Crippen LogP contribution < -0.4 is 0 Å². The molecule has 0 atom stereocenters. The molecule has 0 bridgehead atoms. The molecule has 0 fully saturated rings. The summed E-state index contributed by atoms with van der Waals surface area (Å²) in [5.41, 5.74) is -0.164. The van der Waals surface area contributed by atoms with Crippen LogP contribution in [0.15, 0.2) is 18.2 Å². The van der Waals surface area contributed by atoms with Crippen molar-refractivity contribution in [1.29, 1.82) is 0 Å². The Bertz CT molecular complexity index is 364. The topological polar surface area (TPSA) is 17.1 Å². The van der Waals surface area contributed by atoms with Crippen LogP contribution in [0.3, 0.4) is 0 Å². The van der Waals surface area contributed by atoms with Crippen molar-refractivity contribution in [3.05, 3.63) is 35.4 Å². The van der Waals surface area contributed by atoms with Gasteiger partial charge in [-0.2, -0.15) is 11.8 Å². The maximum atomic E-state index is 13.2. The molecular weight excluding hydrogens is 218 g/mol. The lowest BCUT2D eigenvalue weighted by Gasteiger charge is -2.05. The molecule has 0 aromatic heterocycles. The zero-order valence-electron chi connectivity index (χ0n) is 8.59. The van der Waals surface area contributed by atoms with Crippen molar-refractivity contribution in [2.75, 3.05) is 5.75 Å². The molecule has 0 radical (unpaired) electrons. The van der Waals surface area contributed by atoms with Crippen molar-refractivity contribution in [2.24, 2.45) is 0 Å². The van der Waals surface area contributed by atoms with E-state index in [2.05, 4.69) is 0 Å². The van der Waals surface area contributed by atoms with Gasteiger partial charge in [-0.3, -0.25) is 4.79 Å². The van der Waals surface area contributed by atoms with Gasteiger partial charge in [0.15, 0.2) is 17.4 Å². The molecule has 0 unspecified atom stereocenters. The van der Waals surface area contributed by atoms with Gasteiger partial charge in [0.25, 0.3) is 0 Å². The van der Waals surface area contributed by atoms with Gasteiger partial charge in [0.2, 0.25) is 0 Å². The maximum Gasteiger partial charge on any atom is 0.175 e. The minimum atomic E-state index is -1.05. The lowest BCUT2D eigenvalue weighted by molar-refractivity contribution is 0.101. The van der Waals surface area contributed by atoms with Crippen molar-refractivity contribution >= 4 is 17.5 Å². The summed E-state index contributed by atoms with van der Waals surface area (Å²) in [4.78, 5) is 11.5. The molecule has 15 heavy (non-hydrogen) atoms. The standard InChI is InChI=1S/C11H12F2OS/c1-7(2)15-6-10(14)8-4-3-5-9(12)11(8)13/h3-5,7H,6H2,1-2H3. The third-order valence-corrected chi connectivity index (χ3v) is 2.90. The number of benzene rings is 1. The third-order valence-electron chi connectivity index (χ3n) is 1.80. The first-order valence-corrected chi connectivity index (χ1v) is 5.66. The van der Waals surface area contributed by atoms with E-state index in [9.17, 15) is 13.6 Å². The number of rotatable bonds is 4. The van der Waals surface area contributed by atoms with Crippen LogP contribution in [0.1, 0.15) is 24.2 Å². The second kappa shape index (κ2) is 5.26. The van der Waals surface area contributed by atoms with E-state index in [1.807, 2.05) is 13.8 Å². The number of carbonyl (C=O) groups excluding carboxylic acids is 1. The summed E-state index contributed by atoms with van der Waals surface area (Å²) < 4.78 is 26.0. The molecule has 0 heterocycles. The Hall–Kier alpha value is -0.900. The molecule has 0 aliphatic carbocycles. The fraction of sp³-hybridized carbons (Fsp3) is 0.364. The molecule has 1 nitrogen and oxygen atoms in total. The van der Waals surface area contributed by atoms with Gasteiger partial charge in [0, 0.05) is 0 Å². The quantitative estimate of drug-likeness (QED) is 0.738. The summed E-state index contributed by atoms with van der Waals surface area (Å²) in [5.74, 6) is -2.22. The van der Waals surface area contributed by atoms with Gasteiger partial charge < -0.3 is 0 Å². The lowest BCUT2D eigenvalue weighted by Crippen LogP contribution is -2.08. The minimum absolute atomic E-state index is 0.164. The zero-order valence-corrected chi connectivity index (χ0v) is 9.41. The number of hydrogen-bond donors (Lipinski definition) is 0. The summed E-state index contributed by atoms with van der Waals surface area (Å²) in [5, 5.41) is 0.297. The van der Waals surface area contributed by atoms with Crippen molar-refractivity contribution in [1.82, 2.24) is 0 Å². The number of carbonyl (C=O) groups is 1. The lowest BCUT2D eigenvalue weighted by atomic mass is 10.1. The average molecular weight is 230 g/mol. The summed E-state index contributed by atoms with van der Waals surface area (Å²) in [7, 11) is 0. The normalized spacial score (nSPS) is 10.7. The van der Waals surface area contributed by atoms with Crippen LogP contribution in [0.25, 0.3) is 0 Å². The largest absolute Gasteiger partial charge is 0.293 e. The van der Waals surface area contributed by atoms with Gasteiger partial charge in [-0.1, -0.05) is 19.9 Å². The van der Waals surface area contributed by atoms with Crippen LogP contribution >= 0.6 is 11.8 Å². The molecule has 0 saturated heterocycles. The monoisotopic (exact) mass is 230 g/mol. The molecule has 1 aromatic carbocycles. The van der Waals surface area contributed by atoms with Crippen LogP contribution in [-0.2, 0) is 0 Å². The summed E-state index contributed by atoms with van der Waals surface area (Å²) in [6.45, 7) is 3.89. The van der Waals surface area contributed by atoms with E-state index >= 15 is 0 Å². The van der Waals surface area contributed by atoms with E-state index in [0.717, 1.165) is 6.07 Å². The smallest absolute Gasteiger partial charge is 0.175 e. The van der Waals surface area contributed by atoms with Gasteiger partial charge in [-0.25, -0.2) is 8.78 Å². The second-order valence-electron chi connectivity index (χ2n) is 3.38. The van der Waals surface area contributed by atoms with E-state index in [0.29, 0.717) is 5.25 Å². The number of ketones is 1. The Morgan fingerprint density at radius 3 is 2.67 bits per heavy atom.